The van der Waals surface area contributed by atoms with Gasteiger partial charge in [0.05, 0.1) is 5.69 Å². The molecule has 0 aliphatic carbocycles. The van der Waals surface area contributed by atoms with Gasteiger partial charge in [0.1, 0.15) is 17.3 Å². The molecular formula is C21H23N7O. The Hall–Kier alpha value is -3.34. The maximum absolute atomic E-state index is 9.74. The predicted molar refractivity (Wildman–Crippen MR) is 107 cm³/mol. The fraction of sp³-hybridized carbons (Fsp3) is 0.429. The van der Waals surface area contributed by atoms with Gasteiger partial charge in [0.25, 0.3) is 0 Å². The molecule has 0 bridgehead atoms. The maximum atomic E-state index is 9.74. The van der Waals surface area contributed by atoms with Crippen LogP contribution in [0.25, 0.3) is 11.5 Å². The van der Waals surface area contributed by atoms with Gasteiger partial charge in [-0.1, -0.05) is 25.1 Å². The molecule has 0 spiro atoms. The Morgan fingerprint density at radius 1 is 1.17 bits per heavy atom. The molecule has 1 aliphatic heterocycles. The molecule has 1 aliphatic rings. The monoisotopic (exact) mass is 389 g/mol. The van der Waals surface area contributed by atoms with Crippen LogP contribution in [0.5, 0.6) is 0 Å². The third kappa shape index (κ3) is 3.68. The zero-order valence-electron chi connectivity index (χ0n) is 16.7. The van der Waals surface area contributed by atoms with E-state index < -0.39 is 0 Å². The van der Waals surface area contributed by atoms with Crippen molar-refractivity contribution in [3.05, 3.63) is 47.1 Å². The molecule has 1 fully saturated rings. The number of aromatic nitrogens is 5. The minimum atomic E-state index is 0.190. The van der Waals surface area contributed by atoms with Crippen LogP contribution in [0.1, 0.15) is 55.3 Å². The molecule has 0 aromatic carbocycles. The second kappa shape index (κ2) is 8.35. The molecule has 0 radical (unpaired) electrons. The first kappa shape index (κ1) is 19.0. The van der Waals surface area contributed by atoms with E-state index >= 15 is 0 Å². The van der Waals surface area contributed by atoms with Crippen molar-refractivity contribution in [2.45, 2.75) is 45.4 Å². The lowest BCUT2D eigenvalue weighted by molar-refractivity contribution is 0.329. The maximum Gasteiger partial charge on any atom is 0.230 e. The molecule has 148 valence electrons. The quantitative estimate of drug-likeness (QED) is 0.654. The smallest absolute Gasteiger partial charge is 0.230 e. The zero-order chi connectivity index (χ0) is 20.2. The van der Waals surface area contributed by atoms with Crippen LogP contribution in [0.4, 0.5) is 5.82 Å². The van der Waals surface area contributed by atoms with Crippen LogP contribution in [0.2, 0.25) is 0 Å². The average Bonchev–Trinajstić information content (AvgIpc) is 3.29. The number of hydrogen-bond acceptors (Lipinski definition) is 8. The summed E-state index contributed by atoms with van der Waals surface area (Å²) in [6.07, 6.45) is 4.99. The van der Waals surface area contributed by atoms with Crippen LogP contribution in [-0.2, 0) is 12.8 Å². The van der Waals surface area contributed by atoms with E-state index in [4.69, 9.17) is 4.52 Å². The summed E-state index contributed by atoms with van der Waals surface area (Å²) >= 11 is 0. The molecule has 0 atom stereocenters. The summed E-state index contributed by atoms with van der Waals surface area (Å²) in [7, 11) is 0. The SMILES string of the molecule is CCc1nnc(N2CCC(c3nc(-c4ccccn4)no3)CC2)c(C#N)c1CC. The molecule has 4 rings (SSSR count). The van der Waals surface area contributed by atoms with E-state index in [2.05, 4.69) is 43.2 Å². The summed E-state index contributed by atoms with van der Waals surface area (Å²) in [5, 5.41) is 22.6. The summed E-state index contributed by atoms with van der Waals surface area (Å²) < 4.78 is 5.51. The van der Waals surface area contributed by atoms with E-state index in [-0.39, 0.29) is 5.92 Å². The van der Waals surface area contributed by atoms with Crippen molar-refractivity contribution in [1.82, 2.24) is 25.3 Å². The van der Waals surface area contributed by atoms with Crippen LogP contribution in [0.3, 0.4) is 0 Å². The van der Waals surface area contributed by atoms with Crippen LogP contribution in [0, 0.1) is 11.3 Å². The molecular weight excluding hydrogens is 366 g/mol. The molecule has 29 heavy (non-hydrogen) atoms. The Morgan fingerprint density at radius 2 is 2.00 bits per heavy atom. The molecule has 3 aromatic rings. The second-order valence-corrected chi connectivity index (χ2v) is 7.08. The first-order valence-electron chi connectivity index (χ1n) is 10.0. The van der Waals surface area contributed by atoms with Crippen molar-refractivity contribution in [3.63, 3.8) is 0 Å². The minimum absolute atomic E-state index is 0.190. The van der Waals surface area contributed by atoms with Gasteiger partial charge < -0.3 is 9.42 Å². The third-order valence-corrected chi connectivity index (χ3v) is 5.42. The summed E-state index contributed by atoms with van der Waals surface area (Å²) in [4.78, 5) is 11.0. The van der Waals surface area contributed by atoms with Crippen molar-refractivity contribution >= 4 is 5.82 Å². The summed E-state index contributed by atoms with van der Waals surface area (Å²) in [6.45, 7) is 5.63. The van der Waals surface area contributed by atoms with E-state index in [0.29, 0.717) is 28.8 Å². The van der Waals surface area contributed by atoms with E-state index in [1.165, 1.54) is 0 Å². The summed E-state index contributed by atoms with van der Waals surface area (Å²) in [5.74, 6) is 2.05. The topological polar surface area (TPSA) is 105 Å². The Labute approximate surface area is 169 Å². The van der Waals surface area contributed by atoms with Crippen molar-refractivity contribution in [2.24, 2.45) is 0 Å². The van der Waals surface area contributed by atoms with E-state index in [9.17, 15) is 5.26 Å². The Balaban J connectivity index is 1.49. The van der Waals surface area contributed by atoms with Crippen LogP contribution >= 0.6 is 0 Å². The Bertz CT molecular complexity index is 1020. The summed E-state index contributed by atoms with van der Waals surface area (Å²) in [6, 6.07) is 7.98. The number of rotatable bonds is 5. The predicted octanol–water partition coefficient (Wildman–Crippen LogP) is 3.30. The minimum Gasteiger partial charge on any atom is -0.354 e. The summed E-state index contributed by atoms with van der Waals surface area (Å²) in [5.41, 5.74) is 3.29. The second-order valence-electron chi connectivity index (χ2n) is 7.08. The van der Waals surface area contributed by atoms with Crippen molar-refractivity contribution in [2.75, 3.05) is 18.0 Å². The number of piperidine rings is 1. The Morgan fingerprint density at radius 3 is 2.66 bits per heavy atom. The van der Waals surface area contributed by atoms with E-state index in [0.717, 1.165) is 50.0 Å². The average molecular weight is 389 g/mol. The lowest BCUT2D eigenvalue weighted by Crippen LogP contribution is -2.34. The molecule has 4 heterocycles. The van der Waals surface area contributed by atoms with Crippen LogP contribution < -0.4 is 4.90 Å². The highest BCUT2D eigenvalue weighted by Gasteiger charge is 2.28. The third-order valence-electron chi connectivity index (χ3n) is 5.42. The first-order chi connectivity index (χ1) is 14.2. The zero-order valence-corrected chi connectivity index (χ0v) is 16.7. The fourth-order valence-electron chi connectivity index (χ4n) is 3.84. The molecule has 8 heteroatoms. The molecule has 1 saturated heterocycles. The number of nitrogens with zero attached hydrogens (tertiary/aromatic N) is 7. The van der Waals surface area contributed by atoms with Crippen molar-refractivity contribution < 1.29 is 4.52 Å². The lowest BCUT2D eigenvalue weighted by Gasteiger charge is -2.31. The van der Waals surface area contributed by atoms with Gasteiger partial charge in [-0.05, 0) is 43.4 Å². The van der Waals surface area contributed by atoms with Gasteiger partial charge in [-0.25, -0.2) is 0 Å². The van der Waals surface area contributed by atoms with Gasteiger partial charge >= 0.3 is 0 Å². The van der Waals surface area contributed by atoms with Crippen LogP contribution in [0.15, 0.2) is 28.9 Å². The highest BCUT2D eigenvalue weighted by atomic mass is 16.5. The molecule has 0 saturated carbocycles. The van der Waals surface area contributed by atoms with Gasteiger partial charge in [-0.3, -0.25) is 4.98 Å². The van der Waals surface area contributed by atoms with Crippen LogP contribution in [-0.4, -0.2) is 38.4 Å². The van der Waals surface area contributed by atoms with Gasteiger partial charge in [-0.15, -0.1) is 5.10 Å². The van der Waals surface area contributed by atoms with E-state index in [1.54, 1.807) is 6.20 Å². The fourth-order valence-corrected chi connectivity index (χ4v) is 3.84. The lowest BCUT2D eigenvalue weighted by atomic mass is 9.96. The highest BCUT2D eigenvalue weighted by molar-refractivity contribution is 5.58. The van der Waals surface area contributed by atoms with Gasteiger partial charge in [0.2, 0.25) is 11.7 Å². The first-order valence-corrected chi connectivity index (χ1v) is 10.0. The van der Waals surface area contributed by atoms with Gasteiger partial charge in [-0.2, -0.15) is 15.3 Å². The normalized spacial score (nSPS) is 14.7. The number of anilines is 1. The number of aryl methyl sites for hydroxylation is 1. The molecule has 3 aromatic heterocycles. The number of hydrogen-bond donors (Lipinski definition) is 0. The molecule has 8 nitrogen and oxygen atoms in total. The van der Waals surface area contributed by atoms with Gasteiger partial charge in [0, 0.05) is 25.2 Å². The largest absolute Gasteiger partial charge is 0.354 e. The Kier molecular flexibility index (Phi) is 5.47. The molecule has 0 amide bonds. The van der Waals surface area contributed by atoms with E-state index in [1.807, 2.05) is 25.1 Å². The number of pyridine rings is 1. The molecule has 0 N–H and O–H groups in total. The molecule has 0 unspecified atom stereocenters. The number of nitriles is 1. The van der Waals surface area contributed by atoms with Crippen molar-refractivity contribution in [1.29, 1.82) is 5.26 Å². The highest BCUT2D eigenvalue weighted by Crippen LogP contribution is 2.32. The standard InChI is InChI=1S/C21H23N7O/c1-3-15-16(13-22)20(26-25-17(15)4-2)28-11-8-14(9-12-28)21-24-19(27-29-21)18-7-5-6-10-23-18/h5-7,10,14H,3-4,8-9,11-12H2,1-2H3. The van der Waals surface area contributed by atoms with Crippen molar-refractivity contribution in [3.8, 4) is 17.6 Å². The van der Waals surface area contributed by atoms with Gasteiger partial charge in [0.15, 0.2) is 5.82 Å².